The SMILES string of the molecule is C=C(NCc1ccc(F)cc1C)/C(C(=S)Cc1ccc(C(F)(F)F)cc1)=C(/C)C(F)(F)F.CC. The molecule has 0 aliphatic heterocycles. The Morgan fingerprint density at radius 3 is 2.00 bits per heavy atom. The lowest BCUT2D eigenvalue weighted by Crippen LogP contribution is -2.24. The van der Waals surface area contributed by atoms with E-state index in [0.29, 0.717) is 16.7 Å². The fourth-order valence-corrected chi connectivity index (χ4v) is 3.42. The lowest BCUT2D eigenvalue weighted by atomic mass is 9.97. The Morgan fingerprint density at radius 1 is 0.971 bits per heavy atom. The van der Waals surface area contributed by atoms with Gasteiger partial charge in [-0.25, -0.2) is 4.39 Å². The van der Waals surface area contributed by atoms with Gasteiger partial charge in [0.15, 0.2) is 0 Å². The number of halogens is 7. The van der Waals surface area contributed by atoms with E-state index in [1.54, 1.807) is 6.92 Å². The summed E-state index contributed by atoms with van der Waals surface area (Å²) in [6.45, 7) is 10.3. The zero-order chi connectivity index (χ0) is 26.3. The van der Waals surface area contributed by atoms with E-state index in [-0.39, 0.29) is 29.1 Å². The molecule has 0 atom stereocenters. The van der Waals surface area contributed by atoms with Crippen LogP contribution in [-0.2, 0) is 19.1 Å². The summed E-state index contributed by atoms with van der Waals surface area (Å²) >= 11 is 5.23. The standard InChI is InChI=1S/C23H20F7NS.C2H6/c1-13-10-19(24)9-6-17(13)12-31-15(3)21(14(2)22(25,26)27)20(32)11-16-4-7-18(8-5-16)23(28,29)30;1-2/h4-10,31H,3,11-12H2,1-2H3;1-2H3/b21-14+;. The monoisotopic (exact) mass is 505 g/mol. The molecule has 9 heteroatoms. The van der Waals surface area contributed by atoms with Crippen LogP contribution in [-0.4, -0.2) is 11.0 Å². The maximum atomic E-state index is 13.5. The Hall–Kier alpha value is -2.68. The van der Waals surface area contributed by atoms with Gasteiger partial charge < -0.3 is 5.32 Å². The third-order valence-electron chi connectivity index (χ3n) is 4.82. The zero-order valence-electron chi connectivity index (χ0n) is 19.2. The van der Waals surface area contributed by atoms with Crippen LogP contribution in [0.25, 0.3) is 0 Å². The fraction of sp³-hybridized carbons (Fsp3) is 0.320. The lowest BCUT2D eigenvalue weighted by Gasteiger charge is -2.20. The molecule has 2 aromatic carbocycles. The molecule has 1 N–H and O–H groups in total. The molecular formula is C25H26F7NS. The van der Waals surface area contributed by atoms with E-state index in [9.17, 15) is 30.7 Å². The normalized spacial score (nSPS) is 12.3. The maximum absolute atomic E-state index is 13.5. The number of aryl methyl sites for hydroxylation is 1. The van der Waals surface area contributed by atoms with Gasteiger partial charge in [0.1, 0.15) is 5.82 Å². The molecule has 0 fully saturated rings. The van der Waals surface area contributed by atoms with Gasteiger partial charge in [-0.1, -0.05) is 50.8 Å². The summed E-state index contributed by atoms with van der Waals surface area (Å²) in [5.74, 6) is -0.434. The molecular weight excluding hydrogens is 479 g/mol. The Labute approximate surface area is 200 Å². The highest BCUT2D eigenvalue weighted by Gasteiger charge is 2.35. The number of nitrogens with one attached hydrogen (secondary N) is 1. The maximum Gasteiger partial charge on any atom is 0.416 e. The number of hydrogen-bond donors (Lipinski definition) is 1. The van der Waals surface area contributed by atoms with Crippen molar-refractivity contribution in [1.29, 1.82) is 0 Å². The van der Waals surface area contributed by atoms with Gasteiger partial charge in [0.2, 0.25) is 0 Å². The van der Waals surface area contributed by atoms with E-state index in [0.717, 1.165) is 19.1 Å². The van der Waals surface area contributed by atoms with Crippen LogP contribution in [0.1, 0.15) is 43.0 Å². The van der Waals surface area contributed by atoms with Crippen molar-refractivity contribution in [2.24, 2.45) is 0 Å². The predicted molar refractivity (Wildman–Crippen MR) is 125 cm³/mol. The number of benzene rings is 2. The minimum atomic E-state index is -4.68. The third-order valence-corrected chi connectivity index (χ3v) is 5.17. The second-order valence-electron chi connectivity index (χ2n) is 7.20. The van der Waals surface area contributed by atoms with Crippen molar-refractivity contribution in [2.45, 2.75) is 53.0 Å². The van der Waals surface area contributed by atoms with Crippen LogP contribution in [0.4, 0.5) is 30.7 Å². The number of rotatable bonds is 7. The number of thiocarbonyl (C=S) groups is 1. The summed E-state index contributed by atoms with van der Waals surface area (Å²) in [5, 5.41) is 2.80. The highest BCUT2D eigenvalue weighted by atomic mass is 32.1. The summed E-state index contributed by atoms with van der Waals surface area (Å²) in [7, 11) is 0. The topological polar surface area (TPSA) is 12.0 Å². The molecule has 2 aromatic rings. The van der Waals surface area contributed by atoms with Gasteiger partial charge in [-0.15, -0.1) is 0 Å². The molecule has 0 saturated heterocycles. The van der Waals surface area contributed by atoms with Crippen molar-refractivity contribution in [3.8, 4) is 0 Å². The molecule has 0 saturated carbocycles. The Morgan fingerprint density at radius 2 is 1.53 bits per heavy atom. The largest absolute Gasteiger partial charge is 0.416 e. The summed E-state index contributed by atoms with van der Waals surface area (Å²) in [4.78, 5) is -0.118. The Bertz CT molecular complexity index is 1030. The molecule has 1 nitrogen and oxygen atoms in total. The van der Waals surface area contributed by atoms with Crippen molar-refractivity contribution in [1.82, 2.24) is 5.32 Å². The molecule has 0 heterocycles. The van der Waals surface area contributed by atoms with Gasteiger partial charge in [-0.2, -0.15) is 26.3 Å². The van der Waals surface area contributed by atoms with Crippen LogP contribution in [0.3, 0.4) is 0 Å². The average molecular weight is 506 g/mol. The first-order chi connectivity index (χ1) is 15.7. The molecule has 0 unspecified atom stereocenters. The van der Waals surface area contributed by atoms with Crippen molar-refractivity contribution in [3.05, 3.63) is 94.0 Å². The summed E-state index contributed by atoms with van der Waals surface area (Å²) in [5.41, 5.74) is -0.649. The van der Waals surface area contributed by atoms with Crippen LogP contribution in [0.5, 0.6) is 0 Å². The predicted octanol–water partition coefficient (Wildman–Crippen LogP) is 8.27. The Kier molecular flexibility index (Phi) is 10.5. The number of allylic oxidation sites excluding steroid dienone is 2. The van der Waals surface area contributed by atoms with Crippen molar-refractivity contribution in [3.63, 3.8) is 0 Å². The molecule has 2 rings (SSSR count). The van der Waals surface area contributed by atoms with Crippen molar-refractivity contribution < 1.29 is 30.7 Å². The van der Waals surface area contributed by atoms with Crippen LogP contribution < -0.4 is 5.32 Å². The van der Waals surface area contributed by atoms with Crippen molar-refractivity contribution >= 4 is 17.1 Å². The highest BCUT2D eigenvalue weighted by molar-refractivity contribution is 7.80. The van der Waals surface area contributed by atoms with E-state index in [4.69, 9.17) is 12.2 Å². The van der Waals surface area contributed by atoms with Crippen LogP contribution in [0.15, 0.2) is 65.9 Å². The molecule has 0 amide bonds. The fourth-order valence-electron chi connectivity index (χ4n) is 2.98. The zero-order valence-corrected chi connectivity index (χ0v) is 20.0. The van der Waals surface area contributed by atoms with E-state index in [1.807, 2.05) is 13.8 Å². The van der Waals surface area contributed by atoms with E-state index >= 15 is 0 Å². The Balaban J connectivity index is 0.00000281. The van der Waals surface area contributed by atoms with Gasteiger partial charge in [-0.05, 0) is 54.8 Å². The quantitative estimate of drug-likeness (QED) is 0.176. The third kappa shape index (κ3) is 8.27. The highest BCUT2D eigenvalue weighted by Crippen LogP contribution is 2.32. The molecule has 0 radical (unpaired) electrons. The van der Waals surface area contributed by atoms with Gasteiger partial charge in [-0.3, -0.25) is 0 Å². The second-order valence-corrected chi connectivity index (χ2v) is 7.69. The number of alkyl halides is 6. The first-order valence-corrected chi connectivity index (χ1v) is 10.8. The molecule has 0 aliphatic rings. The lowest BCUT2D eigenvalue weighted by molar-refractivity contribution is -0.137. The second kappa shape index (κ2) is 12.1. The first-order valence-electron chi connectivity index (χ1n) is 10.4. The van der Waals surface area contributed by atoms with Crippen LogP contribution in [0, 0.1) is 12.7 Å². The molecule has 0 spiro atoms. The molecule has 0 aromatic heterocycles. The van der Waals surface area contributed by atoms with Gasteiger partial charge in [0.05, 0.1) is 5.56 Å². The minimum absolute atomic E-state index is 0.0829. The smallest absolute Gasteiger partial charge is 0.381 e. The average Bonchev–Trinajstić information content (AvgIpc) is 2.73. The molecule has 0 bridgehead atoms. The van der Waals surface area contributed by atoms with Gasteiger partial charge >= 0.3 is 12.4 Å². The molecule has 34 heavy (non-hydrogen) atoms. The van der Waals surface area contributed by atoms with Gasteiger partial charge in [0.25, 0.3) is 0 Å². The summed E-state index contributed by atoms with van der Waals surface area (Å²) in [6.07, 6.45) is -9.38. The van der Waals surface area contributed by atoms with Crippen LogP contribution in [0.2, 0.25) is 0 Å². The van der Waals surface area contributed by atoms with E-state index in [2.05, 4.69) is 11.9 Å². The van der Waals surface area contributed by atoms with Crippen molar-refractivity contribution in [2.75, 3.05) is 0 Å². The van der Waals surface area contributed by atoms with E-state index < -0.39 is 29.3 Å². The van der Waals surface area contributed by atoms with Crippen LogP contribution >= 0.6 is 12.2 Å². The summed E-state index contributed by atoms with van der Waals surface area (Å²) < 4.78 is 91.8. The summed E-state index contributed by atoms with van der Waals surface area (Å²) in [6, 6.07) is 8.09. The minimum Gasteiger partial charge on any atom is -0.381 e. The molecule has 186 valence electrons. The van der Waals surface area contributed by atoms with E-state index in [1.165, 1.54) is 30.3 Å². The number of hydrogen-bond acceptors (Lipinski definition) is 2. The first kappa shape index (κ1) is 29.4. The van der Waals surface area contributed by atoms with Gasteiger partial charge in [0, 0.05) is 34.7 Å². The molecule has 0 aliphatic carbocycles.